The number of pyridine rings is 1. The second-order valence-corrected chi connectivity index (χ2v) is 4.31. The Bertz CT molecular complexity index is 597. The number of rotatable bonds is 3. The zero-order valence-electron chi connectivity index (χ0n) is 10.1. The van der Waals surface area contributed by atoms with Crippen molar-refractivity contribution >= 4 is 28.7 Å². The molecule has 5 nitrogen and oxygen atoms in total. The molecule has 2 aromatic heterocycles. The zero-order valence-corrected chi connectivity index (χ0v) is 11.0. The van der Waals surface area contributed by atoms with Crippen molar-refractivity contribution in [2.75, 3.05) is 5.32 Å². The number of hydrogen-bond donors (Lipinski definition) is 2. The van der Waals surface area contributed by atoms with Crippen LogP contribution in [-0.2, 0) is 0 Å². The van der Waals surface area contributed by atoms with Gasteiger partial charge in [-0.25, -0.2) is 0 Å². The number of nitrogens with two attached hydrogens (primary N) is 1. The molecule has 6 heteroatoms. The highest BCUT2D eigenvalue weighted by molar-refractivity contribution is 7.80. The number of thiocarbonyl (C=S) groups is 1. The molecule has 0 saturated carbocycles. The first-order chi connectivity index (χ1) is 8.58. The average Bonchev–Trinajstić information content (AvgIpc) is 2.33. The van der Waals surface area contributed by atoms with E-state index in [-0.39, 0.29) is 4.99 Å². The second-order valence-electron chi connectivity index (χ2n) is 3.87. The van der Waals surface area contributed by atoms with Crippen LogP contribution >= 0.6 is 12.2 Å². The van der Waals surface area contributed by atoms with Crippen LogP contribution in [0.25, 0.3) is 0 Å². The standard InChI is InChI=1S/C12H13N5S/c1-7-3-4-10(8(2)15-7)16-12-9(11(13)18)5-6-14-17-12/h3-6H,1-2H3,(H2,13,18)(H,16,17). The van der Waals surface area contributed by atoms with E-state index in [1.807, 2.05) is 26.0 Å². The third kappa shape index (κ3) is 2.60. The summed E-state index contributed by atoms with van der Waals surface area (Å²) in [6, 6.07) is 5.59. The van der Waals surface area contributed by atoms with Crippen molar-refractivity contribution in [3.05, 3.63) is 41.3 Å². The van der Waals surface area contributed by atoms with Gasteiger partial charge in [0, 0.05) is 5.69 Å². The number of aromatic nitrogens is 3. The van der Waals surface area contributed by atoms with E-state index in [0.717, 1.165) is 17.1 Å². The number of nitrogens with one attached hydrogen (secondary N) is 1. The normalized spacial score (nSPS) is 10.1. The fourth-order valence-electron chi connectivity index (χ4n) is 1.57. The van der Waals surface area contributed by atoms with Crippen molar-refractivity contribution in [3.63, 3.8) is 0 Å². The van der Waals surface area contributed by atoms with Crippen molar-refractivity contribution in [2.24, 2.45) is 5.73 Å². The number of aryl methyl sites for hydroxylation is 2. The van der Waals surface area contributed by atoms with Crippen LogP contribution in [0.5, 0.6) is 0 Å². The maximum absolute atomic E-state index is 5.64. The van der Waals surface area contributed by atoms with Crippen LogP contribution in [0.3, 0.4) is 0 Å². The molecule has 0 atom stereocenters. The Morgan fingerprint density at radius 2 is 2.06 bits per heavy atom. The Morgan fingerprint density at radius 3 is 2.72 bits per heavy atom. The molecule has 0 saturated heterocycles. The fraction of sp³-hybridized carbons (Fsp3) is 0.167. The van der Waals surface area contributed by atoms with E-state index >= 15 is 0 Å². The maximum Gasteiger partial charge on any atom is 0.163 e. The maximum atomic E-state index is 5.64. The second kappa shape index (κ2) is 5.05. The van der Waals surface area contributed by atoms with Gasteiger partial charge in [-0.05, 0) is 32.0 Å². The van der Waals surface area contributed by atoms with Gasteiger partial charge in [0.05, 0.1) is 23.1 Å². The molecule has 2 aromatic rings. The predicted molar refractivity (Wildman–Crippen MR) is 74.9 cm³/mol. The fourth-order valence-corrected chi connectivity index (χ4v) is 1.73. The Morgan fingerprint density at radius 1 is 1.28 bits per heavy atom. The van der Waals surface area contributed by atoms with E-state index < -0.39 is 0 Å². The molecule has 0 unspecified atom stereocenters. The molecule has 0 bridgehead atoms. The first-order valence-electron chi connectivity index (χ1n) is 5.40. The van der Waals surface area contributed by atoms with Crippen LogP contribution in [0.15, 0.2) is 24.4 Å². The lowest BCUT2D eigenvalue weighted by Gasteiger charge is -2.11. The summed E-state index contributed by atoms with van der Waals surface area (Å²) in [7, 11) is 0. The van der Waals surface area contributed by atoms with Crippen molar-refractivity contribution in [1.82, 2.24) is 15.2 Å². The van der Waals surface area contributed by atoms with E-state index in [2.05, 4.69) is 20.5 Å². The smallest absolute Gasteiger partial charge is 0.163 e. The van der Waals surface area contributed by atoms with Crippen LogP contribution in [0, 0.1) is 13.8 Å². The monoisotopic (exact) mass is 259 g/mol. The van der Waals surface area contributed by atoms with Gasteiger partial charge in [0.25, 0.3) is 0 Å². The van der Waals surface area contributed by atoms with Crippen LogP contribution in [0.4, 0.5) is 11.5 Å². The molecule has 0 aliphatic heterocycles. The number of anilines is 2. The topological polar surface area (TPSA) is 76.7 Å². The Kier molecular flexibility index (Phi) is 3.47. The van der Waals surface area contributed by atoms with Crippen molar-refractivity contribution in [2.45, 2.75) is 13.8 Å². The Balaban J connectivity index is 2.37. The first-order valence-corrected chi connectivity index (χ1v) is 5.81. The summed E-state index contributed by atoms with van der Waals surface area (Å²) in [6.07, 6.45) is 1.56. The lowest BCUT2D eigenvalue weighted by Crippen LogP contribution is -2.13. The van der Waals surface area contributed by atoms with E-state index in [4.69, 9.17) is 18.0 Å². The lowest BCUT2D eigenvalue weighted by atomic mass is 10.2. The number of nitrogens with zero attached hydrogens (tertiary/aromatic N) is 3. The van der Waals surface area contributed by atoms with Crippen molar-refractivity contribution in [1.29, 1.82) is 0 Å². The highest BCUT2D eigenvalue weighted by Gasteiger charge is 2.08. The third-order valence-corrected chi connectivity index (χ3v) is 2.68. The molecular formula is C12H13N5S. The molecule has 0 spiro atoms. The largest absolute Gasteiger partial charge is 0.389 e. The molecule has 0 aliphatic carbocycles. The van der Waals surface area contributed by atoms with Gasteiger partial charge < -0.3 is 11.1 Å². The van der Waals surface area contributed by atoms with Gasteiger partial charge >= 0.3 is 0 Å². The van der Waals surface area contributed by atoms with E-state index in [1.54, 1.807) is 12.3 Å². The summed E-state index contributed by atoms with van der Waals surface area (Å²) in [5, 5.41) is 11.0. The Labute approximate surface area is 110 Å². The number of hydrogen-bond acceptors (Lipinski definition) is 5. The Hall–Kier alpha value is -2.08. The molecule has 0 fully saturated rings. The quantitative estimate of drug-likeness (QED) is 0.819. The highest BCUT2D eigenvalue weighted by Crippen LogP contribution is 2.20. The van der Waals surface area contributed by atoms with Crippen LogP contribution < -0.4 is 11.1 Å². The van der Waals surface area contributed by atoms with Crippen molar-refractivity contribution in [3.8, 4) is 0 Å². The van der Waals surface area contributed by atoms with Crippen LogP contribution in [-0.4, -0.2) is 20.2 Å². The minimum absolute atomic E-state index is 0.283. The van der Waals surface area contributed by atoms with E-state index in [1.165, 1.54) is 0 Å². The average molecular weight is 259 g/mol. The van der Waals surface area contributed by atoms with Gasteiger partial charge in [-0.15, -0.1) is 5.10 Å². The summed E-state index contributed by atoms with van der Waals surface area (Å²) in [5.41, 5.74) is 9.01. The summed E-state index contributed by atoms with van der Waals surface area (Å²) in [6.45, 7) is 3.87. The SMILES string of the molecule is Cc1ccc(Nc2nnccc2C(N)=S)c(C)n1. The summed E-state index contributed by atoms with van der Waals surface area (Å²) >= 11 is 4.97. The predicted octanol–water partition coefficient (Wildman–Crippen LogP) is 1.87. The molecule has 3 N–H and O–H groups in total. The van der Waals surface area contributed by atoms with Gasteiger partial charge in [0.2, 0.25) is 0 Å². The van der Waals surface area contributed by atoms with E-state index in [9.17, 15) is 0 Å². The van der Waals surface area contributed by atoms with Crippen molar-refractivity contribution < 1.29 is 0 Å². The first kappa shape index (κ1) is 12.4. The lowest BCUT2D eigenvalue weighted by molar-refractivity contribution is 1.03. The summed E-state index contributed by atoms with van der Waals surface area (Å²) in [5.74, 6) is 0.541. The summed E-state index contributed by atoms with van der Waals surface area (Å²) < 4.78 is 0. The van der Waals surface area contributed by atoms with Gasteiger partial charge in [-0.1, -0.05) is 12.2 Å². The minimum Gasteiger partial charge on any atom is -0.389 e. The molecule has 18 heavy (non-hydrogen) atoms. The van der Waals surface area contributed by atoms with Crippen LogP contribution in [0.2, 0.25) is 0 Å². The highest BCUT2D eigenvalue weighted by atomic mass is 32.1. The van der Waals surface area contributed by atoms with Gasteiger partial charge in [0.15, 0.2) is 5.82 Å². The molecule has 0 radical (unpaired) electrons. The third-order valence-electron chi connectivity index (χ3n) is 2.46. The van der Waals surface area contributed by atoms with Gasteiger partial charge in [-0.3, -0.25) is 4.98 Å². The molecule has 0 aromatic carbocycles. The molecule has 92 valence electrons. The molecular weight excluding hydrogens is 246 g/mol. The molecule has 2 rings (SSSR count). The van der Waals surface area contributed by atoms with E-state index in [0.29, 0.717) is 11.4 Å². The molecule has 2 heterocycles. The minimum atomic E-state index is 0.283. The molecule has 0 aliphatic rings. The van der Waals surface area contributed by atoms with Gasteiger partial charge in [0.1, 0.15) is 4.99 Å². The zero-order chi connectivity index (χ0) is 13.1. The molecule has 0 amide bonds. The van der Waals surface area contributed by atoms with Gasteiger partial charge in [-0.2, -0.15) is 5.10 Å². The van der Waals surface area contributed by atoms with Crippen LogP contribution in [0.1, 0.15) is 17.0 Å². The summed E-state index contributed by atoms with van der Waals surface area (Å²) in [4.78, 5) is 4.65.